The van der Waals surface area contributed by atoms with Crippen LogP contribution < -0.4 is 5.32 Å². The van der Waals surface area contributed by atoms with Gasteiger partial charge >= 0.3 is 0 Å². The lowest BCUT2D eigenvalue weighted by molar-refractivity contribution is -0.141. The molecule has 20 heavy (non-hydrogen) atoms. The Labute approximate surface area is 119 Å². The Morgan fingerprint density at radius 3 is 2.40 bits per heavy atom. The number of fused-ring (bicyclic) bond motifs is 1. The van der Waals surface area contributed by atoms with Gasteiger partial charge in [0.25, 0.3) is 0 Å². The Morgan fingerprint density at radius 1 is 1.20 bits per heavy atom. The number of aryl methyl sites for hydroxylation is 2. The summed E-state index contributed by atoms with van der Waals surface area (Å²) in [5, 5.41) is 3.22. The van der Waals surface area contributed by atoms with Crippen molar-refractivity contribution in [2.24, 2.45) is 11.8 Å². The third-order valence-electron chi connectivity index (χ3n) is 4.60. The van der Waals surface area contributed by atoms with Gasteiger partial charge in [0, 0.05) is 6.54 Å². The van der Waals surface area contributed by atoms with Crippen LogP contribution in [0.5, 0.6) is 0 Å². The van der Waals surface area contributed by atoms with Crippen molar-refractivity contribution in [3.8, 4) is 0 Å². The van der Waals surface area contributed by atoms with Crippen LogP contribution in [-0.4, -0.2) is 30.3 Å². The zero-order valence-electron chi connectivity index (χ0n) is 12.1. The highest BCUT2D eigenvalue weighted by molar-refractivity contribution is 6.08. The Kier molecular flexibility index (Phi) is 3.13. The predicted molar refractivity (Wildman–Crippen MR) is 76.0 cm³/mol. The van der Waals surface area contributed by atoms with Crippen LogP contribution in [0.15, 0.2) is 18.2 Å². The average molecular weight is 272 g/mol. The number of benzene rings is 1. The number of carbonyl (C=O) groups is 2. The van der Waals surface area contributed by atoms with E-state index in [1.807, 2.05) is 7.05 Å². The Hall–Kier alpha value is -1.68. The standard InChI is InChI=1S/C16H20N2O2/c1-9-4-5-11(6-10(9)2)14(17-3)8-18-15(19)12-7-13(12)16(18)20/h4-6,12-14,17H,7-8H2,1-3H3. The highest BCUT2D eigenvalue weighted by Gasteiger charge is 2.58. The molecule has 106 valence electrons. The number of hydrogen-bond acceptors (Lipinski definition) is 3. The molecule has 4 heteroatoms. The number of likely N-dealkylation sites (N-methyl/N-ethyl adjacent to an activating group) is 1. The molecule has 1 aliphatic heterocycles. The van der Waals surface area contributed by atoms with Crippen molar-refractivity contribution in [2.75, 3.05) is 13.6 Å². The van der Waals surface area contributed by atoms with Crippen molar-refractivity contribution in [3.05, 3.63) is 34.9 Å². The van der Waals surface area contributed by atoms with E-state index in [0.29, 0.717) is 6.54 Å². The maximum atomic E-state index is 12.0. The molecule has 4 nitrogen and oxygen atoms in total. The molecule has 1 saturated carbocycles. The summed E-state index contributed by atoms with van der Waals surface area (Å²) in [6.45, 7) is 4.59. The van der Waals surface area contributed by atoms with Crippen molar-refractivity contribution < 1.29 is 9.59 Å². The summed E-state index contributed by atoms with van der Waals surface area (Å²) in [4.78, 5) is 25.5. The maximum absolute atomic E-state index is 12.0. The van der Waals surface area contributed by atoms with E-state index in [0.717, 1.165) is 12.0 Å². The largest absolute Gasteiger partial charge is 0.312 e. The molecule has 2 amide bonds. The van der Waals surface area contributed by atoms with Gasteiger partial charge in [0.2, 0.25) is 11.8 Å². The third-order valence-corrected chi connectivity index (χ3v) is 4.60. The molecule has 2 fully saturated rings. The van der Waals surface area contributed by atoms with Gasteiger partial charge < -0.3 is 5.32 Å². The molecule has 0 spiro atoms. The SMILES string of the molecule is CNC(CN1C(=O)C2CC2C1=O)c1ccc(C)c(C)c1. The second kappa shape index (κ2) is 4.70. The Morgan fingerprint density at radius 2 is 1.85 bits per heavy atom. The molecule has 1 aromatic rings. The molecule has 3 unspecified atom stereocenters. The van der Waals surface area contributed by atoms with E-state index in [1.165, 1.54) is 16.0 Å². The normalized spacial score (nSPS) is 25.9. The van der Waals surface area contributed by atoms with Gasteiger partial charge in [-0.25, -0.2) is 0 Å². The Bertz CT molecular complexity index is 562. The molecule has 1 saturated heterocycles. The van der Waals surface area contributed by atoms with E-state index < -0.39 is 0 Å². The minimum absolute atomic E-state index is 0.000278. The van der Waals surface area contributed by atoms with Crippen LogP contribution in [0.1, 0.15) is 29.2 Å². The molecule has 3 rings (SSSR count). The summed E-state index contributed by atoms with van der Waals surface area (Å²) in [5.74, 6) is 0.00712. The van der Waals surface area contributed by atoms with Crippen LogP contribution in [-0.2, 0) is 9.59 Å². The molecule has 2 aliphatic rings. The summed E-state index contributed by atoms with van der Waals surface area (Å²) < 4.78 is 0. The predicted octanol–water partition coefficient (Wildman–Crippen LogP) is 1.57. The summed E-state index contributed by atoms with van der Waals surface area (Å²) in [6, 6.07) is 6.28. The molecule has 0 radical (unpaired) electrons. The van der Waals surface area contributed by atoms with Gasteiger partial charge in [-0.05, 0) is 44.0 Å². The van der Waals surface area contributed by atoms with Crippen LogP contribution in [0, 0.1) is 25.7 Å². The molecule has 3 atom stereocenters. The lowest BCUT2D eigenvalue weighted by Crippen LogP contribution is -2.39. The highest BCUT2D eigenvalue weighted by atomic mass is 16.2. The van der Waals surface area contributed by atoms with E-state index in [4.69, 9.17) is 0 Å². The van der Waals surface area contributed by atoms with Gasteiger partial charge in [-0.2, -0.15) is 0 Å². The minimum atomic E-state index is -0.0141. The molecular weight excluding hydrogens is 252 g/mol. The Balaban J connectivity index is 1.78. The van der Waals surface area contributed by atoms with Crippen molar-refractivity contribution in [1.82, 2.24) is 10.2 Å². The van der Waals surface area contributed by atoms with Gasteiger partial charge in [0.15, 0.2) is 0 Å². The maximum Gasteiger partial charge on any atom is 0.233 e. The molecule has 0 aromatic heterocycles. The number of rotatable bonds is 4. The van der Waals surface area contributed by atoms with Crippen LogP contribution in [0.25, 0.3) is 0 Å². The number of nitrogens with one attached hydrogen (secondary N) is 1. The summed E-state index contributed by atoms with van der Waals surface area (Å²) in [5.41, 5.74) is 3.60. The number of hydrogen-bond donors (Lipinski definition) is 1. The summed E-state index contributed by atoms with van der Waals surface area (Å²) in [6.07, 6.45) is 0.766. The van der Waals surface area contributed by atoms with Crippen molar-refractivity contribution in [3.63, 3.8) is 0 Å². The van der Waals surface area contributed by atoms with E-state index in [9.17, 15) is 9.59 Å². The lowest BCUT2D eigenvalue weighted by atomic mass is 10.0. The third kappa shape index (κ3) is 2.04. The molecular formula is C16H20N2O2. The van der Waals surface area contributed by atoms with Gasteiger partial charge in [-0.3, -0.25) is 14.5 Å². The molecule has 1 aromatic carbocycles. The first-order chi connectivity index (χ1) is 9.52. The zero-order valence-corrected chi connectivity index (χ0v) is 12.1. The number of carbonyl (C=O) groups excluding carboxylic acids is 2. The molecule has 0 bridgehead atoms. The van der Waals surface area contributed by atoms with Crippen molar-refractivity contribution >= 4 is 11.8 Å². The van der Waals surface area contributed by atoms with Crippen molar-refractivity contribution in [1.29, 1.82) is 0 Å². The summed E-state index contributed by atoms with van der Waals surface area (Å²) in [7, 11) is 1.87. The first-order valence-electron chi connectivity index (χ1n) is 7.12. The highest BCUT2D eigenvalue weighted by Crippen LogP contribution is 2.47. The van der Waals surface area contributed by atoms with E-state index in [1.54, 1.807) is 0 Å². The summed E-state index contributed by atoms with van der Waals surface area (Å²) >= 11 is 0. The number of amides is 2. The van der Waals surface area contributed by atoms with E-state index in [-0.39, 0.29) is 29.7 Å². The topological polar surface area (TPSA) is 49.4 Å². The van der Waals surface area contributed by atoms with Gasteiger partial charge in [0.1, 0.15) is 0 Å². The monoisotopic (exact) mass is 272 g/mol. The van der Waals surface area contributed by atoms with E-state index in [2.05, 4.69) is 37.4 Å². The molecule has 1 N–H and O–H groups in total. The van der Waals surface area contributed by atoms with Gasteiger partial charge in [-0.1, -0.05) is 18.2 Å². The average Bonchev–Trinajstić information content (AvgIpc) is 3.18. The van der Waals surface area contributed by atoms with Gasteiger partial charge in [-0.15, -0.1) is 0 Å². The second-order valence-corrected chi connectivity index (χ2v) is 5.92. The fraction of sp³-hybridized carbons (Fsp3) is 0.500. The fourth-order valence-corrected chi connectivity index (χ4v) is 2.96. The zero-order chi connectivity index (χ0) is 14.4. The van der Waals surface area contributed by atoms with Crippen LogP contribution in [0.4, 0.5) is 0 Å². The van der Waals surface area contributed by atoms with Crippen LogP contribution in [0.3, 0.4) is 0 Å². The smallest absolute Gasteiger partial charge is 0.233 e. The first-order valence-corrected chi connectivity index (χ1v) is 7.12. The van der Waals surface area contributed by atoms with Crippen LogP contribution in [0.2, 0.25) is 0 Å². The molecule has 1 aliphatic carbocycles. The first kappa shape index (κ1) is 13.3. The second-order valence-electron chi connectivity index (χ2n) is 5.92. The van der Waals surface area contributed by atoms with E-state index >= 15 is 0 Å². The number of piperidine rings is 1. The number of likely N-dealkylation sites (tertiary alicyclic amines) is 1. The lowest BCUT2D eigenvalue weighted by Gasteiger charge is -2.24. The number of nitrogens with zero attached hydrogens (tertiary/aromatic N) is 1. The van der Waals surface area contributed by atoms with Gasteiger partial charge in [0.05, 0.1) is 17.9 Å². The van der Waals surface area contributed by atoms with Crippen molar-refractivity contribution in [2.45, 2.75) is 26.3 Å². The fourth-order valence-electron chi connectivity index (χ4n) is 2.96. The molecule has 1 heterocycles. The van der Waals surface area contributed by atoms with Crippen LogP contribution >= 0.6 is 0 Å². The quantitative estimate of drug-likeness (QED) is 0.846. The minimum Gasteiger partial charge on any atom is -0.312 e. The number of imide groups is 1.